The predicted molar refractivity (Wildman–Crippen MR) is 168 cm³/mol. The molecule has 37 heavy (non-hydrogen) atoms. The molecule has 1 aliphatic rings. The Labute approximate surface area is 233 Å². The second kappa shape index (κ2) is 16.0. The molecule has 0 spiro atoms. The molecule has 1 N–H and O–H groups in total. The van der Waals surface area contributed by atoms with Gasteiger partial charge in [0.2, 0.25) is 0 Å². The normalized spacial score (nSPS) is 21.6. The fourth-order valence-corrected chi connectivity index (χ4v) is 6.52. The summed E-state index contributed by atoms with van der Waals surface area (Å²) in [7, 11) is -3.42. The van der Waals surface area contributed by atoms with Gasteiger partial charge in [-0.1, -0.05) is 90.8 Å². The summed E-state index contributed by atoms with van der Waals surface area (Å²) >= 11 is 0. The van der Waals surface area contributed by atoms with Gasteiger partial charge in [0.15, 0.2) is 16.6 Å². The summed E-state index contributed by atoms with van der Waals surface area (Å²) in [6, 6.07) is 0. The number of aliphatic hydroxyl groups excluding tert-OH is 1. The van der Waals surface area contributed by atoms with Crippen molar-refractivity contribution in [3.63, 3.8) is 0 Å². The van der Waals surface area contributed by atoms with E-state index in [2.05, 4.69) is 104 Å². The van der Waals surface area contributed by atoms with Crippen LogP contribution in [-0.4, -0.2) is 41.1 Å². The minimum absolute atomic E-state index is 0.207. The van der Waals surface area contributed by atoms with E-state index in [1.807, 2.05) is 0 Å². The van der Waals surface area contributed by atoms with Crippen LogP contribution in [0.4, 0.5) is 0 Å². The first-order valence-electron chi connectivity index (χ1n) is 15.0. The monoisotopic (exact) mass is 550 g/mol. The van der Waals surface area contributed by atoms with E-state index in [0.29, 0.717) is 23.5 Å². The smallest absolute Gasteiger partial charge is 0.192 e. The largest absolute Gasteiger partial charge is 0.417 e. The van der Waals surface area contributed by atoms with Crippen molar-refractivity contribution >= 4 is 16.6 Å². The van der Waals surface area contributed by atoms with Crippen LogP contribution in [0.25, 0.3) is 0 Å². The molecule has 0 amide bonds. The first-order valence-corrected chi connectivity index (χ1v) is 20.9. The first kappa shape index (κ1) is 34.6. The van der Waals surface area contributed by atoms with Gasteiger partial charge in [0, 0.05) is 25.0 Å². The second-order valence-electron chi connectivity index (χ2n) is 14.1. The third kappa shape index (κ3) is 12.5. The maximum absolute atomic E-state index is 9.01. The van der Waals surface area contributed by atoms with Crippen molar-refractivity contribution in [1.29, 1.82) is 0 Å². The first-order chi connectivity index (χ1) is 17.1. The molecule has 1 aliphatic carbocycles. The van der Waals surface area contributed by atoms with Gasteiger partial charge in [0.1, 0.15) is 0 Å². The molecule has 0 radical (unpaired) electrons. The molecule has 1 unspecified atom stereocenters. The number of hydrogen-bond donors (Lipinski definition) is 1. The van der Waals surface area contributed by atoms with Crippen molar-refractivity contribution in [2.45, 2.75) is 142 Å². The number of aliphatic hydroxyl groups is 1. The van der Waals surface area contributed by atoms with Gasteiger partial charge in [0.25, 0.3) is 0 Å². The van der Waals surface area contributed by atoms with Crippen molar-refractivity contribution < 1.29 is 14.0 Å². The number of unbranched alkanes of at least 4 members (excludes halogenated alkanes) is 6. The number of hydrogen-bond acceptors (Lipinski definition) is 3. The average Bonchev–Trinajstić information content (AvgIpc) is 3.14. The van der Waals surface area contributed by atoms with E-state index in [4.69, 9.17) is 14.0 Å². The van der Waals surface area contributed by atoms with E-state index in [0.717, 1.165) is 38.7 Å². The van der Waals surface area contributed by atoms with Gasteiger partial charge < -0.3 is 14.0 Å². The lowest BCUT2D eigenvalue weighted by atomic mass is 9.89. The Morgan fingerprint density at radius 3 is 1.95 bits per heavy atom. The highest BCUT2D eigenvalue weighted by atomic mass is 28.4. The maximum atomic E-state index is 9.01. The van der Waals surface area contributed by atoms with Crippen LogP contribution in [0.15, 0.2) is 36.5 Å². The van der Waals surface area contributed by atoms with E-state index in [-0.39, 0.29) is 11.1 Å². The summed E-state index contributed by atoms with van der Waals surface area (Å²) in [5.41, 5.74) is 0. The third-order valence-electron chi connectivity index (χ3n) is 8.92. The molecule has 3 nitrogen and oxygen atoms in total. The third-order valence-corrected chi connectivity index (χ3v) is 17.9. The Bertz CT molecular complexity index is 711. The molecule has 216 valence electrons. The highest BCUT2D eigenvalue weighted by molar-refractivity contribution is 6.74. The molecule has 3 atom stereocenters. The highest BCUT2D eigenvalue weighted by Gasteiger charge is 2.42. The number of allylic oxidation sites excluding steroid dienone is 5. The molecule has 0 fully saturated rings. The van der Waals surface area contributed by atoms with Crippen LogP contribution in [0.1, 0.15) is 99.3 Å². The van der Waals surface area contributed by atoms with Gasteiger partial charge in [0.05, 0.1) is 6.10 Å². The van der Waals surface area contributed by atoms with Gasteiger partial charge >= 0.3 is 0 Å². The highest BCUT2D eigenvalue weighted by Crippen LogP contribution is 2.41. The fraction of sp³-hybridized carbons (Fsp3) is 0.812. The zero-order valence-electron chi connectivity index (χ0n) is 26.2. The van der Waals surface area contributed by atoms with Crippen molar-refractivity contribution in [1.82, 2.24) is 0 Å². The molecule has 0 aromatic heterocycles. The van der Waals surface area contributed by atoms with Crippen LogP contribution in [0, 0.1) is 11.8 Å². The second-order valence-corrected chi connectivity index (χ2v) is 23.7. The van der Waals surface area contributed by atoms with Crippen LogP contribution in [-0.2, 0) is 8.85 Å². The van der Waals surface area contributed by atoms with Crippen molar-refractivity contribution in [2.24, 2.45) is 11.8 Å². The lowest BCUT2D eigenvalue weighted by molar-refractivity contribution is 0.159. The summed E-state index contributed by atoms with van der Waals surface area (Å²) in [5, 5.41) is 9.53. The van der Waals surface area contributed by atoms with E-state index in [1.54, 1.807) is 0 Å². The fourth-order valence-electron chi connectivity index (χ4n) is 4.14. The van der Waals surface area contributed by atoms with Gasteiger partial charge in [-0.25, -0.2) is 0 Å². The molecule has 0 aromatic rings. The molecule has 0 aromatic carbocycles. The predicted octanol–water partition coefficient (Wildman–Crippen LogP) is 9.82. The quantitative estimate of drug-likeness (QED) is 0.111. The molecular formula is C32H62O3Si2. The molecule has 0 saturated heterocycles. The Balaban J connectivity index is 2.53. The molecule has 5 heteroatoms. The standard InChI is InChI=1S/C32H62O3Si2/c1-31(2,3)36(7,8)34-27-21-17-12-11-14-18-22-28-24-25-30(35-37(9,10)32(4,5)6)29(28)23-19-15-13-16-20-26-33/h15,18-19,22,24-25,28-30,33H,11-14,16-17,20-21,23,26-27H2,1-10H3/b19-15-,22-18?/t28-,29?,30-/m1/s1. The summed E-state index contributed by atoms with van der Waals surface area (Å²) < 4.78 is 13.2. The van der Waals surface area contributed by atoms with Crippen molar-refractivity contribution in [3.05, 3.63) is 36.5 Å². The SMILES string of the molecule is CC(C)(C)[Si](C)(C)OCCCCCCC=C[C@@H]1C=C[C@@H](O[Si](C)(C)C(C)(C)C)C1C/C=C\CCCCO. The van der Waals surface area contributed by atoms with Crippen LogP contribution < -0.4 is 0 Å². The van der Waals surface area contributed by atoms with Crippen molar-refractivity contribution in [3.8, 4) is 0 Å². The van der Waals surface area contributed by atoms with Gasteiger partial charge in [-0.3, -0.25) is 0 Å². The zero-order chi connectivity index (χ0) is 28.2. The summed E-state index contributed by atoms with van der Waals surface area (Å²) in [6.07, 6.45) is 24.6. The minimum atomic E-state index is -1.82. The maximum Gasteiger partial charge on any atom is 0.192 e. The molecule has 1 rings (SSSR count). The molecular weight excluding hydrogens is 489 g/mol. The minimum Gasteiger partial charge on any atom is -0.417 e. The lowest BCUT2D eigenvalue weighted by Gasteiger charge is -2.40. The van der Waals surface area contributed by atoms with E-state index in [1.165, 1.54) is 25.7 Å². The van der Waals surface area contributed by atoms with E-state index < -0.39 is 16.6 Å². The summed E-state index contributed by atoms with van der Waals surface area (Å²) in [4.78, 5) is 0. The topological polar surface area (TPSA) is 38.7 Å². The van der Waals surface area contributed by atoms with Crippen LogP contribution >= 0.6 is 0 Å². The molecule has 0 heterocycles. The lowest BCUT2D eigenvalue weighted by Crippen LogP contribution is -2.45. The average molecular weight is 551 g/mol. The molecule has 0 saturated carbocycles. The van der Waals surface area contributed by atoms with Crippen molar-refractivity contribution in [2.75, 3.05) is 13.2 Å². The Hall–Kier alpha value is -0.466. The van der Waals surface area contributed by atoms with E-state index in [9.17, 15) is 0 Å². The van der Waals surface area contributed by atoms with E-state index >= 15 is 0 Å². The Morgan fingerprint density at radius 2 is 1.32 bits per heavy atom. The van der Waals surface area contributed by atoms with Gasteiger partial charge in [-0.2, -0.15) is 0 Å². The molecule has 0 aliphatic heterocycles. The van der Waals surface area contributed by atoms with Gasteiger partial charge in [-0.15, -0.1) is 0 Å². The Morgan fingerprint density at radius 1 is 0.730 bits per heavy atom. The van der Waals surface area contributed by atoms with Crippen LogP contribution in [0.5, 0.6) is 0 Å². The number of rotatable bonds is 17. The summed E-state index contributed by atoms with van der Waals surface area (Å²) in [6.45, 7) is 24.5. The zero-order valence-corrected chi connectivity index (χ0v) is 28.2. The Kier molecular flexibility index (Phi) is 14.9. The van der Waals surface area contributed by atoms with Crippen LogP contribution in [0.3, 0.4) is 0 Å². The van der Waals surface area contributed by atoms with Gasteiger partial charge in [-0.05, 0) is 81.2 Å². The van der Waals surface area contributed by atoms with Crippen LogP contribution in [0.2, 0.25) is 36.3 Å². The molecule has 0 bridgehead atoms. The summed E-state index contributed by atoms with van der Waals surface area (Å²) in [5.74, 6) is 0.932.